The molecule has 1 aliphatic rings. The van der Waals surface area contributed by atoms with E-state index in [0.29, 0.717) is 34.1 Å². The predicted octanol–water partition coefficient (Wildman–Crippen LogP) is 4.76. The number of hydrogen-bond donors (Lipinski definition) is 3. The first-order valence-electron chi connectivity index (χ1n) is 8.84. The number of aromatic hydroxyl groups is 1. The van der Waals surface area contributed by atoms with Gasteiger partial charge in [0.1, 0.15) is 11.6 Å². The lowest BCUT2D eigenvalue weighted by Crippen LogP contribution is -2.44. The molecule has 0 aliphatic carbocycles. The Bertz CT molecular complexity index is 890. The molecule has 0 amide bonds. The average Bonchev–Trinajstić information content (AvgIpc) is 3.18. The highest BCUT2D eigenvalue weighted by Gasteiger charge is 2.25. The van der Waals surface area contributed by atoms with Crippen molar-refractivity contribution in [3.63, 3.8) is 0 Å². The molecule has 0 saturated heterocycles. The minimum atomic E-state index is -1.76. The summed E-state index contributed by atoms with van der Waals surface area (Å²) in [5.41, 5.74) is 6.87. The van der Waals surface area contributed by atoms with E-state index < -0.39 is 8.32 Å². The fourth-order valence-corrected chi connectivity index (χ4v) is 4.11. The van der Waals surface area contributed by atoms with Crippen LogP contribution in [0.2, 0.25) is 28.2 Å². The summed E-state index contributed by atoms with van der Waals surface area (Å²) in [7, 11) is -1.76. The van der Waals surface area contributed by atoms with E-state index in [2.05, 4.69) is 44.8 Å². The predicted molar refractivity (Wildman–Crippen MR) is 114 cm³/mol. The molecule has 149 valence electrons. The van der Waals surface area contributed by atoms with Crippen LogP contribution in [0.25, 0.3) is 16.7 Å². The lowest BCUT2D eigenvalue weighted by Gasteiger charge is -2.48. The monoisotopic (exact) mass is 428 g/mol. The van der Waals surface area contributed by atoms with Crippen molar-refractivity contribution in [3.05, 3.63) is 34.6 Å². The Morgan fingerprint density at radius 3 is 2.63 bits per heavy atom. The molecule has 0 fully saturated rings. The standard InChI is InChI=1S/C18H26Cl2N4O2Si/c1-18(2,3)27(4,5)26-9-8-23-11-15(21-22-23)24-7-6-12-14(25)10-13(19)16(20)17(12)24/h6-7,10-11,21-22,25H,8-9H2,1-5H3/q-1. The van der Waals surface area contributed by atoms with Gasteiger partial charge in [0.25, 0.3) is 0 Å². The minimum Gasteiger partial charge on any atom is -0.563 e. The van der Waals surface area contributed by atoms with Gasteiger partial charge < -0.3 is 9.53 Å². The number of rotatable bonds is 5. The zero-order valence-electron chi connectivity index (χ0n) is 16.2. The largest absolute Gasteiger partial charge is 0.563 e. The molecule has 3 rings (SSSR count). The number of hydrogen-bond acceptors (Lipinski definition) is 5. The maximum absolute atomic E-state index is 10.1. The Morgan fingerprint density at radius 1 is 1.26 bits per heavy atom. The fourth-order valence-electron chi connectivity index (χ4n) is 2.64. The third-order valence-electron chi connectivity index (χ3n) is 5.31. The lowest BCUT2D eigenvalue weighted by molar-refractivity contribution is 0.198. The van der Waals surface area contributed by atoms with Crippen molar-refractivity contribution in [3.8, 4) is 5.75 Å². The zero-order valence-corrected chi connectivity index (χ0v) is 18.7. The normalized spacial score (nSPS) is 15.4. The van der Waals surface area contributed by atoms with Crippen LogP contribution in [0, 0.1) is 0 Å². The Kier molecular flexibility index (Phi) is 5.44. The summed E-state index contributed by atoms with van der Waals surface area (Å²) in [5.74, 6) is 0.880. The van der Waals surface area contributed by atoms with Crippen molar-refractivity contribution < 1.29 is 9.53 Å². The van der Waals surface area contributed by atoms with Crippen LogP contribution in [0.5, 0.6) is 5.75 Å². The maximum atomic E-state index is 10.1. The Morgan fingerprint density at radius 2 is 1.96 bits per heavy atom. The van der Waals surface area contributed by atoms with Gasteiger partial charge in [0.15, 0.2) is 0 Å². The quantitative estimate of drug-likeness (QED) is 0.599. The molecular formula is C18H26Cl2N4O2Si-. The van der Waals surface area contributed by atoms with E-state index in [1.165, 1.54) is 6.07 Å². The molecule has 27 heavy (non-hydrogen) atoms. The molecule has 2 heterocycles. The first-order chi connectivity index (χ1) is 12.5. The number of nitrogens with zero attached hydrogens (tertiary/aromatic N) is 2. The number of phenols is 1. The molecule has 0 unspecified atom stereocenters. The molecule has 0 spiro atoms. The molecule has 2 aromatic rings. The van der Waals surface area contributed by atoms with Gasteiger partial charge >= 0.3 is 0 Å². The van der Waals surface area contributed by atoms with E-state index in [4.69, 9.17) is 27.6 Å². The van der Waals surface area contributed by atoms with Crippen LogP contribution in [0.4, 0.5) is 0 Å². The van der Waals surface area contributed by atoms with Crippen molar-refractivity contribution in [2.45, 2.75) is 38.9 Å². The van der Waals surface area contributed by atoms with Crippen molar-refractivity contribution in [1.29, 1.82) is 0 Å². The summed E-state index contributed by atoms with van der Waals surface area (Å²) >= 11 is 12.5. The van der Waals surface area contributed by atoms with E-state index in [9.17, 15) is 5.11 Å². The van der Waals surface area contributed by atoms with Gasteiger partial charge in [0.05, 0.1) is 28.3 Å². The summed E-state index contributed by atoms with van der Waals surface area (Å²) in [6.07, 6.45) is 3.77. The second-order valence-electron chi connectivity index (χ2n) is 8.19. The Labute approximate surface area is 170 Å². The van der Waals surface area contributed by atoms with Crippen molar-refractivity contribution in [2.75, 3.05) is 13.2 Å². The van der Waals surface area contributed by atoms with Crippen LogP contribution >= 0.6 is 23.2 Å². The number of halogens is 2. The minimum absolute atomic E-state index is 0.101. The first kappa shape index (κ1) is 20.4. The number of nitrogens with one attached hydrogen (secondary N) is 2. The molecular weight excluding hydrogens is 403 g/mol. The molecule has 0 bridgehead atoms. The van der Waals surface area contributed by atoms with E-state index in [1.807, 2.05) is 22.0 Å². The Balaban J connectivity index is 1.74. The molecule has 1 aliphatic heterocycles. The van der Waals surface area contributed by atoms with Gasteiger partial charge in [-0.25, -0.2) is 0 Å². The van der Waals surface area contributed by atoms with E-state index in [0.717, 1.165) is 5.82 Å². The number of hydrazine groups is 2. The third-order valence-corrected chi connectivity index (χ3v) is 10.6. The highest BCUT2D eigenvalue weighted by Crippen LogP contribution is 2.39. The van der Waals surface area contributed by atoms with E-state index in [1.54, 1.807) is 6.07 Å². The van der Waals surface area contributed by atoms with Gasteiger partial charge in [-0.2, -0.15) is 0 Å². The fraction of sp³-hybridized carbons (Fsp3) is 0.444. The smallest absolute Gasteiger partial charge is 0.144 e. The molecule has 1 aromatic carbocycles. The van der Waals surface area contributed by atoms with Crippen molar-refractivity contribution in [2.24, 2.45) is 0 Å². The van der Waals surface area contributed by atoms with Crippen LogP contribution in [0.15, 0.2) is 24.5 Å². The molecule has 9 heteroatoms. The summed E-state index contributed by atoms with van der Waals surface area (Å²) in [5, 5.41) is 13.6. The van der Waals surface area contributed by atoms with Crippen molar-refractivity contribution in [1.82, 2.24) is 20.5 Å². The number of aromatic nitrogens is 1. The number of fused-ring (bicyclic) bond motifs is 1. The highest BCUT2D eigenvalue weighted by molar-refractivity contribution is 6.74. The van der Waals surface area contributed by atoms with E-state index >= 15 is 0 Å². The van der Waals surface area contributed by atoms with Crippen LogP contribution in [0.1, 0.15) is 20.8 Å². The van der Waals surface area contributed by atoms with Gasteiger partial charge in [-0.3, -0.25) is 15.0 Å². The molecule has 6 nitrogen and oxygen atoms in total. The summed E-state index contributed by atoms with van der Waals surface area (Å²) in [4.78, 5) is 0. The van der Waals surface area contributed by atoms with Gasteiger partial charge in [-0.05, 0) is 14.4 Å². The number of benzene rings is 1. The van der Waals surface area contributed by atoms with E-state index in [-0.39, 0.29) is 10.8 Å². The SMILES string of the molecule is CC(C)(C)[Si-](C)(C)OCCN1C=C(n2ccc3c(O)cc(Cl)c(Cl)c32)NN1. The number of phenolic OH excluding ortho intramolecular Hbond substituents is 1. The first-order valence-corrected chi connectivity index (χ1v) is 12.5. The summed E-state index contributed by atoms with van der Waals surface area (Å²) < 4.78 is 8.08. The zero-order chi connectivity index (χ0) is 20.0. The second kappa shape index (κ2) is 7.22. The van der Waals surface area contributed by atoms with Gasteiger partial charge in [-0.15, -0.1) is 23.7 Å². The molecule has 0 radical (unpaired) electrons. The molecule has 3 N–H and O–H groups in total. The second-order valence-corrected chi connectivity index (χ2v) is 13.8. The highest BCUT2D eigenvalue weighted by atomic mass is 35.5. The van der Waals surface area contributed by atoms with Crippen LogP contribution in [-0.2, 0) is 4.43 Å². The lowest BCUT2D eigenvalue weighted by atomic mass is 10.2. The van der Waals surface area contributed by atoms with Gasteiger partial charge in [0.2, 0.25) is 0 Å². The Hall–Kier alpha value is -1.38. The topological polar surface area (TPSA) is 61.7 Å². The maximum Gasteiger partial charge on any atom is 0.144 e. The van der Waals surface area contributed by atoms with Gasteiger partial charge in [0, 0.05) is 24.3 Å². The average molecular weight is 429 g/mol. The summed E-state index contributed by atoms with van der Waals surface area (Å²) in [6.45, 7) is 12.5. The van der Waals surface area contributed by atoms with Crippen LogP contribution in [-0.4, -0.2) is 36.2 Å². The summed E-state index contributed by atoms with van der Waals surface area (Å²) in [6, 6.07) is 3.26. The van der Waals surface area contributed by atoms with Crippen LogP contribution < -0.4 is 11.0 Å². The third kappa shape index (κ3) is 3.93. The molecule has 0 atom stereocenters. The molecule has 0 saturated carbocycles. The van der Waals surface area contributed by atoms with Crippen molar-refractivity contribution >= 4 is 48.2 Å². The van der Waals surface area contributed by atoms with Gasteiger partial charge in [-0.1, -0.05) is 44.0 Å². The molecule has 1 aromatic heterocycles. The van der Waals surface area contributed by atoms with Crippen LogP contribution in [0.3, 0.4) is 0 Å².